The van der Waals surface area contributed by atoms with Gasteiger partial charge in [0.25, 0.3) is 5.56 Å². The summed E-state index contributed by atoms with van der Waals surface area (Å²) in [5, 5.41) is 0. The number of rotatable bonds is 4. The predicted molar refractivity (Wildman–Crippen MR) is 95.1 cm³/mol. The molecule has 1 amide bonds. The molecule has 0 fully saturated rings. The molecule has 0 aliphatic rings. The average molecular weight is 321 g/mol. The summed E-state index contributed by atoms with van der Waals surface area (Å²) in [5.74, 6) is -0.130. The third-order valence-electron chi connectivity index (χ3n) is 3.87. The van der Waals surface area contributed by atoms with Gasteiger partial charge in [0.2, 0.25) is 5.91 Å². The molecule has 1 heterocycles. The first-order chi connectivity index (χ1) is 11.6. The molecule has 0 atom stereocenters. The van der Waals surface area contributed by atoms with Crippen LogP contribution in [0.25, 0.3) is 11.0 Å². The first-order valence-electron chi connectivity index (χ1n) is 7.89. The zero-order valence-corrected chi connectivity index (χ0v) is 13.7. The fourth-order valence-electron chi connectivity index (χ4n) is 2.81. The van der Waals surface area contributed by atoms with Crippen molar-refractivity contribution in [1.82, 2.24) is 9.55 Å². The van der Waals surface area contributed by atoms with Crippen LogP contribution >= 0.6 is 0 Å². The second-order valence-electron chi connectivity index (χ2n) is 5.86. The van der Waals surface area contributed by atoms with E-state index in [1.165, 1.54) is 10.8 Å². The molecule has 5 heteroatoms. The van der Waals surface area contributed by atoms with Crippen molar-refractivity contribution in [1.29, 1.82) is 0 Å². The van der Waals surface area contributed by atoms with Crippen molar-refractivity contribution >= 4 is 22.6 Å². The lowest BCUT2D eigenvalue weighted by atomic mass is 10.2. The average Bonchev–Trinajstić information content (AvgIpc) is 2.58. The molecular weight excluding hydrogens is 302 g/mol. The van der Waals surface area contributed by atoms with Gasteiger partial charge in [-0.3, -0.25) is 14.2 Å². The van der Waals surface area contributed by atoms with Gasteiger partial charge < -0.3 is 4.90 Å². The van der Waals surface area contributed by atoms with Gasteiger partial charge in [-0.25, -0.2) is 4.98 Å². The quantitative estimate of drug-likeness (QED) is 0.742. The molecule has 5 nitrogen and oxygen atoms in total. The highest BCUT2D eigenvalue weighted by Crippen LogP contribution is 2.18. The predicted octanol–water partition coefficient (Wildman–Crippen LogP) is 2.84. The van der Waals surface area contributed by atoms with Gasteiger partial charge in [0, 0.05) is 11.7 Å². The zero-order chi connectivity index (χ0) is 17.1. The monoisotopic (exact) mass is 321 g/mol. The highest BCUT2D eigenvalue weighted by atomic mass is 16.2. The minimum Gasteiger partial charge on any atom is -0.308 e. The lowest BCUT2D eigenvalue weighted by Gasteiger charge is -2.27. The van der Waals surface area contributed by atoms with Crippen LogP contribution < -0.4 is 10.5 Å². The summed E-state index contributed by atoms with van der Waals surface area (Å²) in [6, 6.07) is 16.8. The van der Waals surface area contributed by atoms with Gasteiger partial charge in [0.15, 0.2) is 0 Å². The van der Waals surface area contributed by atoms with Crippen molar-refractivity contribution in [2.75, 3.05) is 4.90 Å². The molecule has 0 bridgehead atoms. The number of carbonyl (C=O) groups is 1. The van der Waals surface area contributed by atoms with E-state index in [2.05, 4.69) is 4.98 Å². The van der Waals surface area contributed by atoms with E-state index in [1.807, 2.05) is 62.4 Å². The fraction of sp³-hybridized carbons (Fsp3) is 0.211. The lowest BCUT2D eigenvalue weighted by Crippen LogP contribution is -2.41. The number of amides is 1. The van der Waals surface area contributed by atoms with Crippen molar-refractivity contribution in [3.8, 4) is 0 Å². The van der Waals surface area contributed by atoms with Crippen LogP contribution in [0.1, 0.15) is 13.8 Å². The van der Waals surface area contributed by atoms with Crippen LogP contribution in [0.4, 0.5) is 5.69 Å². The minimum atomic E-state index is -0.279. The van der Waals surface area contributed by atoms with Gasteiger partial charge in [-0.05, 0) is 38.1 Å². The Hall–Kier alpha value is -2.95. The Labute approximate surface area is 140 Å². The number of aromatic nitrogens is 2. The van der Waals surface area contributed by atoms with E-state index in [4.69, 9.17) is 0 Å². The largest absolute Gasteiger partial charge is 0.308 e. The summed E-state index contributed by atoms with van der Waals surface area (Å²) in [6.45, 7) is 3.89. The van der Waals surface area contributed by atoms with Gasteiger partial charge >= 0.3 is 0 Å². The van der Waals surface area contributed by atoms with E-state index in [-0.39, 0.29) is 24.1 Å². The van der Waals surface area contributed by atoms with Crippen molar-refractivity contribution in [3.63, 3.8) is 0 Å². The molecule has 3 aromatic rings. The Bertz CT molecular complexity index is 917. The van der Waals surface area contributed by atoms with Gasteiger partial charge in [0.05, 0.1) is 17.2 Å². The normalized spacial score (nSPS) is 11.0. The number of nitrogens with zero attached hydrogens (tertiary/aromatic N) is 3. The molecule has 0 spiro atoms. The third kappa shape index (κ3) is 3.06. The number of benzene rings is 2. The summed E-state index contributed by atoms with van der Waals surface area (Å²) < 4.78 is 1.48. The van der Waals surface area contributed by atoms with Crippen molar-refractivity contribution in [2.24, 2.45) is 0 Å². The van der Waals surface area contributed by atoms with Gasteiger partial charge in [0.1, 0.15) is 6.54 Å². The molecule has 0 saturated heterocycles. The zero-order valence-electron chi connectivity index (χ0n) is 13.7. The molecule has 0 unspecified atom stereocenters. The minimum absolute atomic E-state index is 0.0105. The molecule has 122 valence electrons. The van der Waals surface area contributed by atoms with Gasteiger partial charge in [-0.2, -0.15) is 0 Å². The Morgan fingerprint density at radius 1 is 1.08 bits per heavy atom. The summed E-state index contributed by atoms with van der Waals surface area (Å²) >= 11 is 0. The molecule has 0 aliphatic carbocycles. The summed E-state index contributed by atoms with van der Waals surface area (Å²) in [7, 11) is 0. The maximum Gasteiger partial charge on any atom is 0.269 e. The Morgan fingerprint density at radius 3 is 2.46 bits per heavy atom. The topological polar surface area (TPSA) is 55.2 Å². The van der Waals surface area contributed by atoms with E-state index in [0.717, 1.165) is 5.69 Å². The van der Waals surface area contributed by atoms with Crippen LogP contribution in [0, 0.1) is 0 Å². The smallest absolute Gasteiger partial charge is 0.269 e. The number of hydrogen-bond donors (Lipinski definition) is 0. The Balaban J connectivity index is 2.00. The molecule has 0 N–H and O–H groups in total. The summed E-state index contributed by atoms with van der Waals surface area (Å²) in [5.41, 5.74) is 1.90. The number of carbonyl (C=O) groups excluding carboxylic acids is 1. The first kappa shape index (κ1) is 15.9. The summed E-state index contributed by atoms with van der Waals surface area (Å²) in [6.07, 6.45) is 1.26. The SMILES string of the molecule is CC(C)N(C(=O)Cn1c(=O)cnc2ccccc21)c1ccccc1. The Morgan fingerprint density at radius 2 is 1.75 bits per heavy atom. The molecule has 3 rings (SSSR count). The fourth-order valence-corrected chi connectivity index (χ4v) is 2.81. The molecular formula is C19H19N3O2. The highest BCUT2D eigenvalue weighted by Gasteiger charge is 2.20. The number of fused-ring (bicyclic) bond motifs is 1. The van der Waals surface area contributed by atoms with Crippen LogP contribution in [0.5, 0.6) is 0 Å². The van der Waals surface area contributed by atoms with Crippen LogP contribution in [-0.2, 0) is 11.3 Å². The van der Waals surface area contributed by atoms with E-state index in [1.54, 1.807) is 11.0 Å². The Kier molecular flexibility index (Phi) is 4.42. The van der Waals surface area contributed by atoms with Crippen LogP contribution in [0.2, 0.25) is 0 Å². The molecule has 2 aromatic carbocycles. The molecule has 1 aromatic heterocycles. The second kappa shape index (κ2) is 6.66. The van der Waals surface area contributed by atoms with E-state index in [9.17, 15) is 9.59 Å². The third-order valence-corrected chi connectivity index (χ3v) is 3.87. The van der Waals surface area contributed by atoms with E-state index in [0.29, 0.717) is 11.0 Å². The van der Waals surface area contributed by atoms with Crippen LogP contribution in [-0.4, -0.2) is 21.5 Å². The van der Waals surface area contributed by atoms with Crippen molar-refractivity contribution in [2.45, 2.75) is 26.4 Å². The van der Waals surface area contributed by atoms with Crippen molar-refractivity contribution in [3.05, 3.63) is 71.1 Å². The maximum absolute atomic E-state index is 12.9. The van der Waals surface area contributed by atoms with Crippen LogP contribution in [0.15, 0.2) is 65.6 Å². The molecule has 0 saturated carbocycles. The first-order valence-corrected chi connectivity index (χ1v) is 7.89. The highest BCUT2D eigenvalue weighted by molar-refractivity contribution is 5.94. The van der Waals surface area contributed by atoms with Crippen LogP contribution in [0.3, 0.4) is 0 Å². The van der Waals surface area contributed by atoms with E-state index >= 15 is 0 Å². The summed E-state index contributed by atoms with van der Waals surface area (Å²) in [4.78, 5) is 31.0. The van der Waals surface area contributed by atoms with E-state index < -0.39 is 0 Å². The maximum atomic E-state index is 12.9. The van der Waals surface area contributed by atoms with Gasteiger partial charge in [-0.1, -0.05) is 30.3 Å². The molecule has 0 radical (unpaired) electrons. The molecule has 0 aliphatic heterocycles. The van der Waals surface area contributed by atoms with Gasteiger partial charge in [-0.15, -0.1) is 0 Å². The molecule has 24 heavy (non-hydrogen) atoms. The number of anilines is 1. The number of para-hydroxylation sites is 3. The standard InChI is InChI=1S/C19H19N3O2/c1-14(2)22(15-8-4-3-5-9-15)19(24)13-21-17-11-7-6-10-16(17)20-12-18(21)23/h3-12,14H,13H2,1-2H3. The van der Waals surface area contributed by atoms with Crippen molar-refractivity contribution < 1.29 is 4.79 Å². The number of hydrogen-bond acceptors (Lipinski definition) is 3. The second-order valence-corrected chi connectivity index (χ2v) is 5.86. The lowest BCUT2D eigenvalue weighted by molar-refractivity contribution is -0.119.